The Hall–Kier alpha value is -2.44. The van der Waals surface area contributed by atoms with Crippen LogP contribution in [0.4, 0.5) is 9.18 Å². The number of rotatable bonds is 4. The topological polar surface area (TPSA) is 69.7 Å². The third-order valence-corrected chi connectivity index (χ3v) is 6.90. The second-order valence-electron chi connectivity index (χ2n) is 8.43. The molecule has 4 rings (SSSR count). The molecule has 7 heteroatoms. The minimum Gasteiger partial charge on any atom is -0.338 e. The van der Waals surface area contributed by atoms with Gasteiger partial charge in [0.2, 0.25) is 5.91 Å². The highest BCUT2D eigenvalue weighted by Crippen LogP contribution is 2.36. The summed E-state index contributed by atoms with van der Waals surface area (Å²) in [6.45, 7) is 2.25. The van der Waals surface area contributed by atoms with Crippen LogP contribution in [-0.2, 0) is 15.1 Å². The van der Waals surface area contributed by atoms with Gasteiger partial charge in [-0.05, 0) is 55.7 Å². The summed E-state index contributed by atoms with van der Waals surface area (Å²) in [4.78, 5) is 41.9. The summed E-state index contributed by atoms with van der Waals surface area (Å²) >= 11 is 0. The largest absolute Gasteiger partial charge is 0.338 e. The molecule has 0 spiro atoms. The zero-order chi connectivity index (χ0) is 20.6. The first kappa shape index (κ1) is 19.9. The van der Waals surface area contributed by atoms with E-state index in [1.165, 1.54) is 30.7 Å². The zero-order valence-electron chi connectivity index (χ0n) is 16.8. The summed E-state index contributed by atoms with van der Waals surface area (Å²) < 4.78 is 13.3. The van der Waals surface area contributed by atoms with Gasteiger partial charge in [0.15, 0.2) is 0 Å². The summed E-state index contributed by atoms with van der Waals surface area (Å²) in [7, 11) is 0. The Bertz CT molecular complexity index is 810. The van der Waals surface area contributed by atoms with Gasteiger partial charge in [-0.15, -0.1) is 0 Å². The highest BCUT2D eigenvalue weighted by molar-refractivity contribution is 6.09. The van der Waals surface area contributed by atoms with E-state index >= 15 is 0 Å². The van der Waals surface area contributed by atoms with E-state index in [9.17, 15) is 18.8 Å². The van der Waals surface area contributed by atoms with Gasteiger partial charge in [0, 0.05) is 12.6 Å². The van der Waals surface area contributed by atoms with E-state index in [1.807, 2.05) is 4.90 Å². The van der Waals surface area contributed by atoms with Crippen LogP contribution in [0.3, 0.4) is 0 Å². The van der Waals surface area contributed by atoms with Gasteiger partial charge in [-0.3, -0.25) is 14.5 Å². The number of benzene rings is 1. The maximum atomic E-state index is 13.3. The van der Waals surface area contributed by atoms with Gasteiger partial charge >= 0.3 is 6.03 Å². The average Bonchev–Trinajstić information content (AvgIpc) is 2.99. The molecule has 1 saturated carbocycles. The molecule has 1 aromatic carbocycles. The zero-order valence-corrected chi connectivity index (χ0v) is 16.8. The number of carbonyl (C=O) groups excluding carboxylic acids is 3. The molecule has 1 aromatic rings. The second-order valence-corrected chi connectivity index (χ2v) is 8.43. The lowest BCUT2D eigenvalue weighted by atomic mass is 9.78. The number of amides is 4. The van der Waals surface area contributed by atoms with E-state index in [4.69, 9.17) is 0 Å². The van der Waals surface area contributed by atoms with Crippen LogP contribution in [0.5, 0.6) is 0 Å². The van der Waals surface area contributed by atoms with Crippen molar-refractivity contribution in [2.75, 3.05) is 13.1 Å². The van der Waals surface area contributed by atoms with Crippen molar-refractivity contribution in [2.24, 2.45) is 5.92 Å². The number of imide groups is 1. The van der Waals surface area contributed by atoms with Gasteiger partial charge in [0.1, 0.15) is 17.9 Å². The predicted molar refractivity (Wildman–Crippen MR) is 105 cm³/mol. The van der Waals surface area contributed by atoms with E-state index in [0.717, 1.165) is 37.0 Å². The van der Waals surface area contributed by atoms with Crippen molar-refractivity contribution in [1.29, 1.82) is 0 Å². The third kappa shape index (κ3) is 3.40. The molecule has 6 nitrogen and oxygen atoms in total. The molecule has 2 saturated heterocycles. The predicted octanol–water partition coefficient (Wildman–Crippen LogP) is 3.16. The van der Waals surface area contributed by atoms with Gasteiger partial charge < -0.3 is 10.2 Å². The quantitative estimate of drug-likeness (QED) is 0.788. The SMILES string of the molecule is CC[C@@]1(c2ccc(F)cc2)NC(=O)N(CC(=O)N2CCC[C@@H]3CCCC[C@@H]32)C1=O. The fourth-order valence-electron chi connectivity index (χ4n) is 5.30. The fraction of sp³-hybridized carbons (Fsp3) is 0.591. The molecule has 0 radical (unpaired) electrons. The van der Waals surface area contributed by atoms with Gasteiger partial charge in [-0.25, -0.2) is 9.18 Å². The maximum absolute atomic E-state index is 13.3. The summed E-state index contributed by atoms with van der Waals surface area (Å²) in [5.74, 6) is -0.465. The number of likely N-dealkylation sites (tertiary alicyclic amines) is 1. The molecule has 0 bridgehead atoms. The number of piperidine rings is 1. The fourth-order valence-corrected chi connectivity index (χ4v) is 5.30. The van der Waals surface area contributed by atoms with Crippen molar-refractivity contribution in [3.8, 4) is 0 Å². The van der Waals surface area contributed by atoms with Crippen LogP contribution < -0.4 is 5.32 Å². The lowest BCUT2D eigenvalue weighted by molar-refractivity contribution is -0.143. The Balaban J connectivity index is 1.53. The minimum atomic E-state index is -1.25. The first-order chi connectivity index (χ1) is 14.0. The summed E-state index contributed by atoms with van der Waals surface area (Å²) in [5.41, 5.74) is -0.722. The van der Waals surface area contributed by atoms with Gasteiger partial charge in [0.25, 0.3) is 5.91 Å². The maximum Gasteiger partial charge on any atom is 0.325 e. The number of halogens is 1. The van der Waals surface area contributed by atoms with E-state index < -0.39 is 23.3 Å². The molecule has 156 valence electrons. The normalized spacial score (nSPS) is 29.6. The van der Waals surface area contributed by atoms with Crippen molar-refractivity contribution >= 4 is 17.8 Å². The molecular formula is C22H28FN3O3. The number of urea groups is 1. The van der Waals surface area contributed by atoms with Crippen LogP contribution in [0.15, 0.2) is 24.3 Å². The highest BCUT2D eigenvalue weighted by Gasteiger charge is 2.52. The first-order valence-corrected chi connectivity index (χ1v) is 10.7. The Morgan fingerprint density at radius 2 is 1.83 bits per heavy atom. The van der Waals surface area contributed by atoms with Crippen molar-refractivity contribution in [3.63, 3.8) is 0 Å². The van der Waals surface area contributed by atoms with E-state index in [0.29, 0.717) is 24.4 Å². The van der Waals surface area contributed by atoms with Crippen LogP contribution in [0, 0.1) is 11.7 Å². The van der Waals surface area contributed by atoms with Gasteiger partial charge in [-0.2, -0.15) is 0 Å². The van der Waals surface area contributed by atoms with Crippen LogP contribution in [0.2, 0.25) is 0 Å². The van der Waals surface area contributed by atoms with Crippen LogP contribution in [0.25, 0.3) is 0 Å². The molecule has 1 aliphatic carbocycles. The molecule has 2 heterocycles. The summed E-state index contributed by atoms with van der Waals surface area (Å²) in [6, 6.07) is 5.25. The molecule has 3 aliphatic rings. The van der Waals surface area contributed by atoms with E-state index in [2.05, 4.69) is 5.32 Å². The second kappa shape index (κ2) is 7.76. The lowest BCUT2D eigenvalue weighted by Gasteiger charge is -2.44. The number of hydrogen-bond donors (Lipinski definition) is 1. The number of nitrogens with one attached hydrogen (secondary N) is 1. The number of fused-ring (bicyclic) bond motifs is 1. The van der Waals surface area contributed by atoms with Crippen molar-refractivity contribution in [1.82, 2.24) is 15.1 Å². The molecule has 29 heavy (non-hydrogen) atoms. The summed E-state index contributed by atoms with van der Waals surface area (Å²) in [6.07, 6.45) is 6.95. The summed E-state index contributed by atoms with van der Waals surface area (Å²) in [5, 5.41) is 2.76. The lowest BCUT2D eigenvalue weighted by Crippen LogP contribution is -2.53. The molecule has 1 N–H and O–H groups in total. The Kier molecular flexibility index (Phi) is 5.32. The molecule has 3 atom stereocenters. The van der Waals surface area contributed by atoms with Gasteiger partial charge in [0.05, 0.1) is 0 Å². The Morgan fingerprint density at radius 3 is 2.55 bits per heavy atom. The van der Waals surface area contributed by atoms with Crippen molar-refractivity contribution in [3.05, 3.63) is 35.6 Å². The Morgan fingerprint density at radius 1 is 1.14 bits per heavy atom. The number of nitrogens with zero attached hydrogens (tertiary/aromatic N) is 2. The van der Waals surface area contributed by atoms with Crippen LogP contribution in [-0.4, -0.2) is 46.8 Å². The molecule has 0 unspecified atom stereocenters. The average molecular weight is 401 g/mol. The van der Waals surface area contributed by atoms with E-state index in [-0.39, 0.29) is 18.5 Å². The molecule has 3 fully saturated rings. The molecule has 4 amide bonds. The number of hydrogen-bond acceptors (Lipinski definition) is 3. The standard InChI is InChI=1S/C22H28FN3O3/c1-2-22(16-9-11-17(23)12-10-16)20(28)26(21(29)24-22)14-19(27)25-13-5-7-15-6-3-4-8-18(15)25/h9-12,15,18H,2-8,13-14H2,1H3,(H,24,29)/t15-,18-,22-/m0/s1. The molecular weight excluding hydrogens is 373 g/mol. The smallest absolute Gasteiger partial charge is 0.325 e. The monoisotopic (exact) mass is 401 g/mol. The van der Waals surface area contributed by atoms with Crippen LogP contribution in [0.1, 0.15) is 57.4 Å². The van der Waals surface area contributed by atoms with Gasteiger partial charge in [-0.1, -0.05) is 31.9 Å². The van der Waals surface area contributed by atoms with Crippen molar-refractivity contribution in [2.45, 2.75) is 63.5 Å². The molecule has 0 aromatic heterocycles. The Labute approximate surface area is 170 Å². The highest BCUT2D eigenvalue weighted by atomic mass is 19.1. The number of carbonyl (C=O) groups is 3. The minimum absolute atomic E-state index is 0.156. The molecule has 2 aliphatic heterocycles. The van der Waals surface area contributed by atoms with Crippen LogP contribution >= 0.6 is 0 Å². The van der Waals surface area contributed by atoms with E-state index in [1.54, 1.807) is 6.92 Å². The first-order valence-electron chi connectivity index (χ1n) is 10.7. The third-order valence-electron chi connectivity index (χ3n) is 6.90. The van der Waals surface area contributed by atoms with Crippen molar-refractivity contribution < 1.29 is 18.8 Å².